The second kappa shape index (κ2) is 1.98. The monoisotopic (exact) mass is 169 g/mol. The molecule has 0 aromatic heterocycles. The Morgan fingerprint density at radius 1 is 1.58 bits per heavy atom. The van der Waals surface area contributed by atoms with Gasteiger partial charge in [-0.3, -0.25) is 10.1 Å². The van der Waals surface area contributed by atoms with Crippen LogP contribution in [-0.2, 0) is 4.79 Å². The van der Waals surface area contributed by atoms with Gasteiger partial charge in [0, 0.05) is 12.6 Å². The molecule has 0 bridgehead atoms. The van der Waals surface area contributed by atoms with E-state index in [1.165, 1.54) is 4.90 Å². The second-order valence-corrected chi connectivity index (χ2v) is 3.54. The molecule has 0 spiro atoms. The lowest BCUT2D eigenvalue weighted by atomic mass is 10.1. The normalized spacial score (nSPS) is 32.2. The highest BCUT2D eigenvalue weighted by Gasteiger charge is 2.55. The van der Waals surface area contributed by atoms with Crippen LogP contribution in [-0.4, -0.2) is 35.5 Å². The Hall–Kier alpha value is -1.10. The third-order valence-electron chi connectivity index (χ3n) is 2.56. The van der Waals surface area contributed by atoms with Gasteiger partial charge in [-0.15, -0.1) is 0 Å². The SMILES string of the molecule is CN1C(=O)NC(=O)C1C1(N)CC1. The van der Waals surface area contributed by atoms with Gasteiger partial charge in [0.15, 0.2) is 0 Å². The van der Waals surface area contributed by atoms with Crippen LogP contribution in [0.25, 0.3) is 0 Å². The van der Waals surface area contributed by atoms with Crippen molar-refractivity contribution in [2.24, 2.45) is 5.73 Å². The molecule has 2 fully saturated rings. The van der Waals surface area contributed by atoms with Crippen molar-refractivity contribution < 1.29 is 9.59 Å². The highest BCUT2D eigenvalue weighted by molar-refractivity contribution is 6.05. The van der Waals surface area contributed by atoms with E-state index in [0.29, 0.717) is 0 Å². The molecule has 5 heteroatoms. The van der Waals surface area contributed by atoms with Gasteiger partial charge in [-0.2, -0.15) is 0 Å². The molecule has 0 radical (unpaired) electrons. The van der Waals surface area contributed by atoms with Gasteiger partial charge in [0.05, 0.1) is 0 Å². The molecule has 2 rings (SSSR count). The van der Waals surface area contributed by atoms with Crippen LogP contribution in [0.3, 0.4) is 0 Å². The summed E-state index contributed by atoms with van der Waals surface area (Å²) in [6, 6.07) is -0.799. The maximum absolute atomic E-state index is 11.2. The number of likely N-dealkylation sites (N-methyl/N-ethyl adjacent to an activating group) is 1. The summed E-state index contributed by atoms with van der Waals surface area (Å²) in [5, 5.41) is 2.23. The summed E-state index contributed by atoms with van der Waals surface area (Å²) >= 11 is 0. The van der Waals surface area contributed by atoms with E-state index < -0.39 is 11.6 Å². The standard InChI is InChI=1S/C7H11N3O2/c1-10-4(7(8)2-3-7)5(11)9-6(10)12/h4H,2-3,8H2,1H3,(H,9,11,12). The predicted molar refractivity (Wildman–Crippen MR) is 41.2 cm³/mol. The molecule has 1 atom stereocenters. The molecular formula is C7H11N3O2. The van der Waals surface area contributed by atoms with Gasteiger partial charge in [0.25, 0.3) is 5.91 Å². The fourth-order valence-corrected chi connectivity index (χ4v) is 1.62. The lowest BCUT2D eigenvalue weighted by molar-refractivity contribution is -0.122. The topological polar surface area (TPSA) is 75.4 Å². The van der Waals surface area contributed by atoms with Crippen LogP contribution in [0.4, 0.5) is 4.79 Å². The van der Waals surface area contributed by atoms with Crippen molar-refractivity contribution in [1.82, 2.24) is 10.2 Å². The first-order valence-electron chi connectivity index (χ1n) is 3.91. The number of nitrogens with zero attached hydrogens (tertiary/aromatic N) is 1. The van der Waals surface area contributed by atoms with E-state index >= 15 is 0 Å². The van der Waals surface area contributed by atoms with Gasteiger partial charge >= 0.3 is 6.03 Å². The Kier molecular flexibility index (Phi) is 1.24. The summed E-state index contributed by atoms with van der Waals surface area (Å²) in [6.45, 7) is 0. The summed E-state index contributed by atoms with van der Waals surface area (Å²) in [7, 11) is 1.60. The zero-order valence-corrected chi connectivity index (χ0v) is 6.83. The number of urea groups is 1. The van der Waals surface area contributed by atoms with E-state index in [9.17, 15) is 9.59 Å². The molecule has 3 N–H and O–H groups in total. The largest absolute Gasteiger partial charge is 0.324 e. The third-order valence-corrected chi connectivity index (χ3v) is 2.56. The van der Waals surface area contributed by atoms with Gasteiger partial charge in [0.2, 0.25) is 0 Å². The van der Waals surface area contributed by atoms with Crippen molar-refractivity contribution >= 4 is 11.9 Å². The van der Waals surface area contributed by atoms with Crippen LogP contribution in [0.15, 0.2) is 0 Å². The van der Waals surface area contributed by atoms with Crippen LogP contribution >= 0.6 is 0 Å². The molecule has 1 aliphatic carbocycles. The highest BCUT2D eigenvalue weighted by Crippen LogP contribution is 2.39. The number of carbonyl (C=O) groups excluding carboxylic acids is 2. The average Bonchev–Trinajstić information content (AvgIpc) is 2.62. The minimum Gasteiger partial charge on any atom is -0.323 e. The smallest absolute Gasteiger partial charge is 0.323 e. The van der Waals surface area contributed by atoms with Crippen molar-refractivity contribution in [3.05, 3.63) is 0 Å². The van der Waals surface area contributed by atoms with Gasteiger partial charge in [-0.05, 0) is 12.8 Å². The summed E-state index contributed by atoms with van der Waals surface area (Å²) in [5.41, 5.74) is 5.39. The van der Waals surface area contributed by atoms with Crippen LogP contribution in [0.2, 0.25) is 0 Å². The van der Waals surface area contributed by atoms with Crippen molar-refractivity contribution in [2.75, 3.05) is 7.05 Å². The molecule has 3 amide bonds. The second-order valence-electron chi connectivity index (χ2n) is 3.54. The lowest BCUT2D eigenvalue weighted by Crippen LogP contribution is -2.48. The highest BCUT2D eigenvalue weighted by atomic mass is 16.2. The summed E-state index contributed by atoms with van der Waals surface area (Å²) in [4.78, 5) is 23.6. The fraction of sp³-hybridized carbons (Fsp3) is 0.714. The molecule has 2 aliphatic rings. The lowest BCUT2D eigenvalue weighted by Gasteiger charge is -2.21. The first-order valence-corrected chi connectivity index (χ1v) is 3.91. The fourth-order valence-electron chi connectivity index (χ4n) is 1.62. The molecule has 1 aliphatic heterocycles. The number of hydrogen-bond acceptors (Lipinski definition) is 3. The average molecular weight is 169 g/mol. The number of nitrogens with two attached hydrogens (primary N) is 1. The minimum absolute atomic E-state index is 0.262. The number of carbonyl (C=O) groups is 2. The Balaban J connectivity index is 2.24. The van der Waals surface area contributed by atoms with Gasteiger partial charge in [-0.1, -0.05) is 0 Å². The van der Waals surface area contributed by atoms with Crippen LogP contribution in [0.5, 0.6) is 0 Å². The first kappa shape index (κ1) is 7.54. The van der Waals surface area contributed by atoms with Gasteiger partial charge in [0.1, 0.15) is 6.04 Å². The Bertz CT molecular complexity index is 259. The number of imide groups is 1. The zero-order valence-electron chi connectivity index (χ0n) is 6.83. The quantitative estimate of drug-likeness (QED) is 0.496. The van der Waals surface area contributed by atoms with Crippen molar-refractivity contribution in [3.8, 4) is 0 Å². The molecule has 12 heavy (non-hydrogen) atoms. The number of nitrogens with one attached hydrogen (secondary N) is 1. The van der Waals surface area contributed by atoms with E-state index in [-0.39, 0.29) is 11.9 Å². The predicted octanol–water partition coefficient (Wildman–Crippen LogP) is -0.972. The molecule has 1 saturated heterocycles. The van der Waals surface area contributed by atoms with E-state index in [2.05, 4.69) is 5.32 Å². The van der Waals surface area contributed by atoms with E-state index in [1.54, 1.807) is 7.05 Å². The molecule has 1 unspecified atom stereocenters. The van der Waals surface area contributed by atoms with E-state index in [4.69, 9.17) is 5.73 Å². The molecule has 66 valence electrons. The van der Waals surface area contributed by atoms with E-state index in [0.717, 1.165) is 12.8 Å². The third kappa shape index (κ3) is 0.828. The van der Waals surface area contributed by atoms with Crippen LogP contribution in [0.1, 0.15) is 12.8 Å². The molecule has 5 nitrogen and oxygen atoms in total. The molecule has 0 aromatic rings. The Morgan fingerprint density at radius 2 is 2.17 bits per heavy atom. The summed E-state index contributed by atoms with van der Waals surface area (Å²) in [5.74, 6) is -0.262. The molecule has 0 aromatic carbocycles. The maximum Gasteiger partial charge on any atom is 0.324 e. The summed E-state index contributed by atoms with van der Waals surface area (Å²) < 4.78 is 0. The van der Waals surface area contributed by atoms with Crippen molar-refractivity contribution in [1.29, 1.82) is 0 Å². The van der Waals surface area contributed by atoms with Crippen LogP contribution < -0.4 is 11.1 Å². The molecule has 1 heterocycles. The van der Waals surface area contributed by atoms with Gasteiger partial charge < -0.3 is 10.6 Å². The minimum atomic E-state index is -0.454. The van der Waals surface area contributed by atoms with Crippen LogP contribution in [0, 0.1) is 0 Å². The number of rotatable bonds is 1. The van der Waals surface area contributed by atoms with Gasteiger partial charge in [-0.25, -0.2) is 4.79 Å². The Labute approximate surface area is 69.9 Å². The number of hydrogen-bond donors (Lipinski definition) is 2. The van der Waals surface area contributed by atoms with Crippen molar-refractivity contribution in [2.45, 2.75) is 24.4 Å². The molecular weight excluding hydrogens is 158 g/mol. The van der Waals surface area contributed by atoms with E-state index in [1.807, 2.05) is 0 Å². The Morgan fingerprint density at radius 3 is 2.50 bits per heavy atom. The number of amides is 3. The first-order chi connectivity index (χ1) is 5.54. The maximum atomic E-state index is 11.2. The zero-order chi connectivity index (χ0) is 8.93. The summed E-state index contributed by atoms with van der Waals surface area (Å²) in [6.07, 6.45) is 1.64. The molecule has 1 saturated carbocycles. The van der Waals surface area contributed by atoms with Crippen molar-refractivity contribution in [3.63, 3.8) is 0 Å².